The van der Waals surface area contributed by atoms with Gasteiger partial charge in [-0.1, -0.05) is 48.9 Å². The lowest BCUT2D eigenvalue weighted by atomic mass is 9.97. The molecule has 2 rings (SSSR count). The Kier molecular flexibility index (Phi) is 5.59. The molecule has 4 heteroatoms. The van der Waals surface area contributed by atoms with Crippen LogP contribution in [-0.4, -0.2) is 13.7 Å². The fourth-order valence-electron chi connectivity index (χ4n) is 2.28. The maximum absolute atomic E-state index is 14.3. The summed E-state index contributed by atoms with van der Waals surface area (Å²) in [5.74, 6) is 0.363. The first kappa shape index (κ1) is 15.8. The van der Waals surface area contributed by atoms with Crippen LogP contribution in [0.5, 0.6) is 5.75 Å². The van der Waals surface area contributed by atoms with Crippen LogP contribution in [0.4, 0.5) is 4.39 Å². The zero-order chi connectivity index (χ0) is 15.2. The molecule has 0 bridgehead atoms. The molecule has 0 aliphatic heterocycles. The van der Waals surface area contributed by atoms with Crippen LogP contribution in [0.25, 0.3) is 0 Å². The van der Waals surface area contributed by atoms with Gasteiger partial charge in [0.15, 0.2) is 0 Å². The van der Waals surface area contributed by atoms with Crippen LogP contribution in [-0.2, 0) is 0 Å². The summed E-state index contributed by atoms with van der Waals surface area (Å²) in [6.45, 7) is 2.68. The first-order chi connectivity index (χ1) is 10.2. The molecule has 0 radical (unpaired) electrons. The normalized spacial score (nSPS) is 12.2. The summed E-state index contributed by atoms with van der Waals surface area (Å²) in [5.41, 5.74) is 1.41. The number of para-hydroxylation sites is 1. The van der Waals surface area contributed by atoms with Crippen molar-refractivity contribution in [3.63, 3.8) is 0 Å². The molecule has 2 nitrogen and oxygen atoms in total. The van der Waals surface area contributed by atoms with Gasteiger partial charge in [0.2, 0.25) is 0 Å². The summed E-state index contributed by atoms with van der Waals surface area (Å²) in [6, 6.07) is 12.4. The Labute approximate surface area is 129 Å². The van der Waals surface area contributed by atoms with E-state index in [2.05, 4.69) is 12.2 Å². The Morgan fingerprint density at radius 3 is 2.57 bits per heavy atom. The number of ether oxygens (including phenoxy) is 1. The van der Waals surface area contributed by atoms with Crippen LogP contribution in [0, 0.1) is 5.82 Å². The summed E-state index contributed by atoms with van der Waals surface area (Å²) in [6.07, 6.45) is 0.921. The molecule has 2 aromatic rings. The van der Waals surface area contributed by atoms with E-state index in [9.17, 15) is 4.39 Å². The van der Waals surface area contributed by atoms with Gasteiger partial charge < -0.3 is 10.1 Å². The highest BCUT2D eigenvalue weighted by Crippen LogP contribution is 2.33. The molecule has 0 amide bonds. The van der Waals surface area contributed by atoms with E-state index in [1.165, 1.54) is 0 Å². The number of rotatable bonds is 6. The van der Waals surface area contributed by atoms with Crippen LogP contribution in [0.3, 0.4) is 0 Å². The molecule has 21 heavy (non-hydrogen) atoms. The van der Waals surface area contributed by atoms with Crippen molar-refractivity contribution in [1.82, 2.24) is 5.32 Å². The van der Waals surface area contributed by atoms with Gasteiger partial charge in [-0.3, -0.25) is 0 Å². The van der Waals surface area contributed by atoms with E-state index >= 15 is 0 Å². The molecular weight excluding hydrogens is 289 g/mol. The quantitative estimate of drug-likeness (QED) is 0.843. The van der Waals surface area contributed by atoms with E-state index in [1.54, 1.807) is 25.2 Å². The minimum absolute atomic E-state index is 0.125. The smallest absolute Gasteiger partial charge is 0.146 e. The molecule has 0 saturated carbocycles. The molecule has 0 spiro atoms. The average molecular weight is 308 g/mol. The largest absolute Gasteiger partial charge is 0.493 e. The second kappa shape index (κ2) is 7.43. The van der Waals surface area contributed by atoms with E-state index in [-0.39, 0.29) is 11.1 Å². The van der Waals surface area contributed by atoms with Gasteiger partial charge in [-0.05, 0) is 25.6 Å². The molecule has 1 N–H and O–H groups in total. The number of benzene rings is 2. The SMILES string of the molecule is CCCOc1ccccc1C(NC)c1cccc(Cl)c1F. The number of hydrogen-bond acceptors (Lipinski definition) is 2. The highest BCUT2D eigenvalue weighted by atomic mass is 35.5. The predicted octanol–water partition coefficient (Wildman–Crippen LogP) is 4.58. The standard InChI is InChI=1S/C17H19ClFNO/c1-3-11-21-15-10-5-4-7-12(15)17(20-2)13-8-6-9-14(18)16(13)19/h4-10,17,20H,3,11H2,1-2H3. The number of hydrogen-bond donors (Lipinski definition) is 1. The van der Waals surface area contributed by atoms with Crippen LogP contribution >= 0.6 is 11.6 Å². The molecule has 0 aliphatic rings. The molecule has 0 aromatic heterocycles. The van der Waals surface area contributed by atoms with E-state index in [1.807, 2.05) is 24.3 Å². The maximum atomic E-state index is 14.3. The van der Waals surface area contributed by atoms with Crippen LogP contribution in [0.2, 0.25) is 5.02 Å². The molecule has 0 saturated heterocycles. The van der Waals surface area contributed by atoms with E-state index in [4.69, 9.17) is 16.3 Å². The Morgan fingerprint density at radius 2 is 1.86 bits per heavy atom. The van der Waals surface area contributed by atoms with Gasteiger partial charge in [0.05, 0.1) is 17.7 Å². The van der Waals surface area contributed by atoms with Gasteiger partial charge in [0, 0.05) is 11.1 Å². The summed E-state index contributed by atoms with van der Waals surface area (Å²) in [5, 5.41) is 3.27. The summed E-state index contributed by atoms with van der Waals surface area (Å²) >= 11 is 5.89. The van der Waals surface area contributed by atoms with Crippen LogP contribution in [0.1, 0.15) is 30.5 Å². The van der Waals surface area contributed by atoms with Gasteiger partial charge in [-0.25, -0.2) is 4.39 Å². The van der Waals surface area contributed by atoms with E-state index in [0.29, 0.717) is 12.2 Å². The highest BCUT2D eigenvalue weighted by Gasteiger charge is 2.20. The van der Waals surface area contributed by atoms with E-state index in [0.717, 1.165) is 17.7 Å². The van der Waals surface area contributed by atoms with Gasteiger partial charge in [-0.2, -0.15) is 0 Å². The van der Waals surface area contributed by atoms with Gasteiger partial charge in [0.1, 0.15) is 11.6 Å². The first-order valence-corrected chi connectivity index (χ1v) is 7.39. The van der Waals surface area contributed by atoms with Gasteiger partial charge >= 0.3 is 0 Å². The minimum atomic E-state index is -0.399. The molecule has 1 atom stereocenters. The molecule has 0 fully saturated rings. The predicted molar refractivity (Wildman–Crippen MR) is 84.5 cm³/mol. The van der Waals surface area contributed by atoms with E-state index < -0.39 is 5.82 Å². The Hall–Kier alpha value is -1.58. The van der Waals surface area contributed by atoms with Crippen molar-refractivity contribution in [2.24, 2.45) is 0 Å². The molecular formula is C17H19ClFNO. The second-order valence-corrected chi connectivity index (χ2v) is 5.16. The van der Waals surface area contributed by atoms with Gasteiger partial charge in [-0.15, -0.1) is 0 Å². The summed E-state index contributed by atoms with van der Waals surface area (Å²) in [7, 11) is 1.79. The lowest BCUT2D eigenvalue weighted by molar-refractivity contribution is 0.312. The van der Waals surface area contributed by atoms with Crippen molar-refractivity contribution in [2.45, 2.75) is 19.4 Å². The maximum Gasteiger partial charge on any atom is 0.146 e. The molecule has 112 valence electrons. The molecule has 0 aliphatic carbocycles. The third kappa shape index (κ3) is 3.55. The monoisotopic (exact) mass is 307 g/mol. The zero-order valence-electron chi connectivity index (χ0n) is 12.2. The summed E-state index contributed by atoms with van der Waals surface area (Å²) in [4.78, 5) is 0. The van der Waals surface area contributed by atoms with Crippen molar-refractivity contribution >= 4 is 11.6 Å². The third-order valence-corrected chi connectivity index (χ3v) is 3.56. The topological polar surface area (TPSA) is 21.3 Å². The average Bonchev–Trinajstić information content (AvgIpc) is 2.51. The van der Waals surface area contributed by atoms with Crippen molar-refractivity contribution in [1.29, 1.82) is 0 Å². The fourth-order valence-corrected chi connectivity index (χ4v) is 2.47. The highest BCUT2D eigenvalue weighted by molar-refractivity contribution is 6.30. The number of nitrogens with one attached hydrogen (secondary N) is 1. The van der Waals surface area contributed by atoms with Crippen LogP contribution in [0.15, 0.2) is 42.5 Å². The third-order valence-electron chi connectivity index (χ3n) is 3.27. The number of halogens is 2. The molecule has 1 unspecified atom stereocenters. The Balaban J connectivity index is 2.44. The van der Waals surface area contributed by atoms with Crippen LogP contribution < -0.4 is 10.1 Å². The lowest BCUT2D eigenvalue weighted by Crippen LogP contribution is -2.20. The first-order valence-electron chi connectivity index (χ1n) is 7.02. The van der Waals surface area contributed by atoms with Crippen molar-refractivity contribution in [2.75, 3.05) is 13.7 Å². The minimum Gasteiger partial charge on any atom is -0.493 e. The van der Waals surface area contributed by atoms with Gasteiger partial charge in [0.25, 0.3) is 0 Å². The Morgan fingerprint density at radius 1 is 1.14 bits per heavy atom. The Bertz CT molecular complexity index is 603. The second-order valence-electron chi connectivity index (χ2n) is 4.75. The molecule has 2 aromatic carbocycles. The molecule has 0 heterocycles. The van der Waals surface area contributed by atoms with Crippen molar-refractivity contribution in [3.8, 4) is 5.75 Å². The van der Waals surface area contributed by atoms with Crippen molar-refractivity contribution in [3.05, 3.63) is 64.4 Å². The zero-order valence-corrected chi connectivity index (χ0v) is 13.0. The summed E-state index contributed by atoms with van der Waals surface area (Å²) < 4.78 is 20.1. The van der Waals surface area contributed by atoms with Crippen molar-refractivity contribution < 1.29 is 9.13 Å². The fraction of sp³-hybridized carbons (Fsp3) is 0.294. The lowest BCUT2D eigenvalue weighted by Gasteiger charge is -2.21.